The first-order valence-corrected chi connectivity index (χ1v) is 8.70. The van der Waals surface area contributed by atoms with E-state index in [2.05, 4.69) is 18.7 Å². The van der Waals surface area contributed by atoms with E-state index in [9.17, 15) is 0 Å². The smallest absolute Gasteiger partial charge is 0.00954 e. The van der Waals surface area contributed by atoms with E-state index in [1.165, 1.54) is 70.9 Å². The maximum atomic E-state index is 6.12. The van der Waals surface area contributed by atoms with Crippen molar-refractivity contribution in [2.24, 2.45) is 17.6 Å². The Hall–Kier alpha value is -0.0800. The number of nitrogens with zero attached hydrogens (tertiary/aromatic N) is 1. The average Bonchev–Trinajstić information content (AvgIpc) is 2.65. The summed E-state index contributed by atoms with van der Waals surface area (Å²) in [4.78, 5) is 2.78. The van der Waals surface area contributed by atoms with Crippen LogP contribution >= 0.6 is 0 Å². The monoisotopic (exact) mass is 266 g/mol. The largest absolute Gasteiger partial charge is 0.328 e. The van der Waals surface area contributed by atoms with Gasteiger partial charge in [-0.2, -0.15) is 0 Å². The van der Waals surface area contributed by atoms with Crippen LogP contribution < -0.4 is 5.73 Å². The Kier molecular flexibility index (Phi) is 6.15. The molecule has 0 aromatic rings. The molecule has 2 rings (SSSR count). The molecule has 2 aliphatic rings. The molecule has 2 nitrogen and oxygen atoms in total. The van der Waals surface area contributed by atoms with E-state index in [0.717, 1.165) is 17.9 Å². The highest BCUT2D eigenvalue weighted by atomic mass is 15.2. The van der Waals surface area contributed by atoms with Crippen LogP contribution in [0, 0.1) is 11.8 Å². The lowest BCUT2D eigenvalue weighted by atomic mass is 9.90. The molecule has 1 saturated carbocycles. The maximum absolute atomic E-state index is 6.12. The minimum atomic E-state index is 0.376. The second-order valence-corrected chi connectivity index (χ2v) is 7.07. The number of hydrogen-bond acceptors (Lipinski definition) is 2. The van der Waals surface area contributed by atoms with Gasteiger partial charge in [0.1, 0.15) is 0 Å². The molecule has 2 N–H and O–H groups in total. The molecular formula is C17H34N2. The zero-order valence-corrected chi connectivity index (χ0v) is 13.1. The zero-order valence-electron chi connectivity index (χ0n) is 13.1. The summed E-state index contributed by atoms with van der Waals surface area (Å²) in [6.45, 7) is 7.12. The summed E-state index contributed by atoms with van der Waals surface area (Å²) < 4.78 is 0. The van der Waals surface area contributed by atoms with Crippen LogP contribution in [0.4, 0.5) is 0 Å². The van der Waals surface area contributed by atoms with Crippen LogP contribution in [0.2, 0.25) is 0 Å². The molecule has 4 atom stereocenters. The quantitative estimate of drug-likeness (QED) is 0.784. The van der Waals surface area contributed by atoms with Gasteiger partial charge in [-0.3, -0.25) is 0 Å². The lowest BCUT2D eigenvalue weighted by Gasteiger charge is -2.39. The molecular weight excluding hydrogens is 232 g/mol. The van der Waals surface area contributed by atoms with Crippen LogP contribution in [0.3, 0.4) is 0 Å². The van der Waals surface area contributed by atoms with Crippen molar-refractivity contribution in [3.05, 3.63) is 0 Å². The van der Waals surface area contributed by atoms with Gasteiger partial charge in [-0.05, 0) is 57.4 Å². The van der Waals surface area contributed by atoms with Gasteiger partial charge in [-0.25, -0.2) is 0 Å². The third kappa shape index (κ3) is 4.46. The van der Waals surface area contributed by atoms with Crippen molar-refractivity contribution in [2.75, 3.05) is 13.1 Å². The third-order valence-corrected chi connectivity index (χ3v) is 5.50. The number of hydrogen-bond donors (Lipinski definition) is 1. The number of rotatable bonds is 4. The molecule has 1 saturated heterocycles. The van der Waals surface area contributed by atoms with Crippen LogP contribution in [-0.4, -0.2) is 30.1 Å². The number of likely N-dealkylation sites (tertiary alicyclic amines) is 1. The molecule has 19 heavy (non-hydrogen) atoms. The van der Waals surface area contributed by atoms with Crippen molar-refractivity contribution in [3.63, 3.8) is 0 Å². The molecule has 112 valence electrons. The molecule has 0 spiro atoms. The van der Waals surface area contributed by atoms with Gasteiger partial charge in [-0.15, -0.1) is 0 Å². The fraction of sp³-hybridized carbons (Fsp3) is 1.00. The van der Waals surface area contributed by atoms with Crippen molar-refractivity contribution in [1.29, 1.82) is 0 Å². The summed E-state index contributed by atoms with van der Waals surface area (Å²) in [5.74, 6) is 1.76. The standard InChI is InChI=1S/C17H34N2/c1-3-6-15-7-4-9-17(11-10-15)19-12-5-8-16(13-19)14(2)18/h14-17H,3-13,18H2,1-2H3. The molecule has 0 aromatic heterocycles. The molecule has 1 aliphatic heterocycles. The Morgan fingerprint density at radius 1 is 1.11 bits per heavy atom. The number of piperidine rings is 1. The van der Waals surface area contributed by atoms with Gasteiger partial charge < -0.3 is 10.6 Å². The molecule has 1 heterocycles. The predicted molar refractivity (Wildman–Crippen MR) is 83.2 cm³/mol. The molecule has 2 fully saturated rings. The van der Waals surface area contributed by atoms with Gasteiger partial charge in [0.05, 0.1) is 0 Å². The van der Waals surface area contributed by atoms with Gasteiger partial charge in [0, 0.05) is 18.6 Å². The summed E-state index contributed by atoms with van der Waals surface area (Å²) in [6.07, 6.45) is 12.8. The number of nitrogens with two attached hydrogens (primary N) is 1. The SMILES string of the molecule is CCCC1CCCC(N2CCCC(C(C)N)C2)CC1. The first kappa shape index (κ1) is 15.3. The van der Waals surface area contributed by atoms with E-state index >= 15 is 0 Å². The Morgan fingerprint density at radius 2 is 1.95 bits per heavy atom. The normalized spacial score (nSPS) is 35.8. The molecule has 1 aliphatic carbocycles. The predicted octanol–water partition coefficient (Wildman–Crippen LogP) is 3.79. The summed E-state index contributed by atoms with van der Waals surface area (Å²) >= 11 is 0. The molecule has 2 heteroatoms. The summed E-state index contributed by atoms with van der Waals surface area (Å²) in [5, 5.41) is 0. The molecule has 0 radical (unpaired) electrons. The van der Waals surface area contributed by atoms with E-state index in [4.69, 9.17) is 5.73 Å². The zero-order chi connectivity index (χ0) is 13.7. The highest BCUT2D eigenvalue weighted by Crippen LogP contribution is 2.31. The van der Waals surface area contributed by atoms with Crippen LogP contribution in [0.5, 0.6) is 0 Å². The molecule has 0 bridgehead atoms. The van der Waals surface area contributed by atoms with Crippen molar-refractivity contribution in [3.8, 4) is 0 Å². The highest BCUT2D eigenvalue weighted by molar-refractivity contribution is 4.84. The Morgan fingerprint density at radius 3 is 2.68 bits per heavy atom. The van der Waals surface area contributed by atoms with E-state index in [1.54, 1.807) is 0 Å². The van der Waals surface area contributed by atoms with Crippen LogP contribution in [0.25, 0.3) is 0 Å². The van der Waals surface area contributed by atoms with E-state index in [0.29, 0.717) is 6.04 Å². The van der Waals surface area contributed by atoms with Crippen LogP contribution in [-0.2, 0) is 0 Å². The van der Waals surface area contributed by atoms with Crippen molar-refractivity contribution < 1.29 is 0 Å². The second kappa shape index (κ2) is 7.64. The highest BCUT2D eigenvalue weighted by Gasteiger charge is 2.29. The van der Waals surface area contributed by atoms with E-state index in [-0.39, 0.29) is 0 Å². The van der Waals surface area contributed by atoms with Crippen molar-refractivity contribution >= 4 is 0 Å². The van der Waals surface area contributed by atoms with Gasteiger partial charge in [-0.1, -0.05) is 32.6 Å². The Balaban J connectivity index is 1.84. The summed E-state index contributed by atoms with van der Waals surface area (Å²) in [6, 6.07) is 1.24. The summed E-state index contributed by atoms with van der Waals surface area (Å²) in [5.41, 5.74) is 6.12. The van der Waals surface area contributed by atoms with Crippen molar-refractivity contribution in [1.82, 2.24) is 4.90 Å². The first-order valence-electron chi connectivity index (χ1n) is 8.70. The first-order chi connectivity index (χ1) is 9.20. The minimum absolute atomic E-state index is 0.376. The van der Waals surface area contributed by atoms with Crippen molar-refractivity contribution in [2.45, 2.75) is 83.7 Å². The second-order valence-electron chi connectivity index (χ2n) is 7.07. The Bertz CT molecular complexity index is 252. The van der Waals surface area contributed by atoms with E-state index in [1.807, 2.05) is 0 Å². The fourth-order valence-electron chi connectivity index (χ4n) is 4.22. The minimum Gasteiger partial charge on any atom is -0.328 e. The molecule has 0 amide bonds. The lowest BCUT2D eigenvalue weighted by molar-refractivity contribution is 0.103. The fourth-order valence-corrected chi connectivity index (χ4v) is 4.22. The lowest BCUT2D eigenvalue weighted by Crippen LogP contribution is -2.46. The van der Waals surface area contributed by atoms with Gasteiger partial charge in [0.2, 0.25) is 0 Å². The van der Waals surface area contributed by atoms with E-state index < -0.39 is 0 Å². The third-order valence-electron chi connectivity index (χ3n) is 5.50. The molecule has 4 unspecified atom stereocenters. The van der Waals surface area contributed by atoms with Gasteiger partial charge in [0.25, 0.3) is 0 Å². The van der Waals surface area contributed by atoms with Gasteiger partial charge >= 0.3 is 0 Å². The van der Waals surface area contributed by atoms with Crippen LogP contribution in [0.1, 0.15) is 71.6 Å². The van der Waals surface area contributed by atoms with Crippen LogP contribution in [0.15, 0.2) is 0 Å². The topological polar surface area (TPSA) is 29.3 Å². The molecule has 0 aromatic carbocycles. The average molecular weight is 266 g/mol. The summed E-state index contributed by atoms with van der Waals surface area (Å²) in [7, 11) is 0. The Labute approximate surface area is 120 Å². The maximum Gasteiger partial charge on any atom is 0.00954 e. The van der Waals surface area contributed by atoms with Gasteiger partial charge in [0.15, 0.2) is 0 Å².